The number of aromatic nitrogens is 2. The van der Waals surface area contributed by atoms with E-state index in [4.69, 9.17) is 5.73 Å². The van der Waals surface area contributed by atoms with E-state index in [9.17, 15) is 9.59 Å². The quantitative estimate of drug-likeness (QED) is 0.527. The normalized spacial score (nSPS) is 10.5. The average Bonchev–Trinajstić information content (AvgIpc) is 2.53. The van der Waals surface area contributed by atoms with E-state index in [2.05, 4.69) is 31.2 Å². The third kappa shape index (κ3) is 4.66. The number of nitrogen functional groups attached to an aromatic ring is 1. The Morgan fingerprint density at radius 2 is 2.22 bits per heavy atom. The van der Waals surface area contributed by atoms with Crippen LogP contribution < -0.4 is 16.6 Å². The van der Waals surface area contributed by atoms with Gasteiger partial charge >= 0.3 is 0 Å². The van der Waals surface area contributed by atoms with Crippen molar-refractivity contribution in [1.82, 2.24) is 15.3 Å². The Morgan fingerprint density at radius 3 is 2.91 bits per heavy atom. The highest BCUT2D eigenvalue weighted by atomic mass is 79.9. The molecule has 0 spiro atoms. The fraction of sp³-hybridized carbons (Fsp3) is 0.312. The summed E-state index contributed by atoms with van der Waals surface area (Å²) in [5, 5.41) is 3.57. The lowest BCUT2D eigenvalue weighted by molar-refractivity contribution is 0.0953. The summed E-state index contributed by atoms with van der Waals surface area (Å²) in [6.45, 7) is 2.24. The van der Waals surface area contributed by atoms with Crippen molar-refractivity contribution in [3.63, 3.8) is 0 Å². The minimum Gasteiger partial charge on any atom is -0.369 e. The molecule has 1 aromatic carbocycles. The highest BCUT2D eigenvalue weighted by Gasteiger charge is 2.08. The number of halogens is 1. The Morgan fingerprint density at radius 1 is 1.43 bits per heavy atom. The van der Waals surface area contributed by atoms with Crippen molar-refractivity contribution in [3.8, 4) is 0 Å². The summed E-state index contributed by atoms with van der Waals surface area (Å²) in [6.07, 6.45) is 1.19. The molecule has 7 heteroatoms. The van der Waals surface area contributed by atoms with Crippen molar-refractivity contribution >= 4 is 27.8 Å². The second-order valence-electron chi connectivity index (χ2n) is 5.21. The first-order valence-corrected chi connectivity index (χ1v) is 8.41. The van der Waals surface area contributed by atoms with Gasteiger partial charge in [0, 0.05) is 28.7 Å². The number of alkyl halides is 1. The molecule has 122 valence electrons. The van der Waals surface area contributed by atoms with Gasteiger partial charge in [-0.3, -0.25) is 14.6 Å². The van der Waals surface area contributed by atoms with Gasteiger partial charge in [-0.05, 0) is 37.5 Å². The van der Waals surface area contributed by atoms with Gasteiger partial charge in [0.2, 0.25) is 5.95 Å². The van der Waals surface area contributed by atoms with Crippen molar-refractivity contribution in [3.05, 3.63) is 57.0 Å². The fourth-order valence-corrected chi connectivity index (χ4v) is 2.64. The first-order chi connectivity index (χ1) is 11.0. The Balaban J connectivity index is 1.88. The number of H-pyrrole nitrogens is 1. The fourth-order valence-electron chi connectivity index (χ4n) is 2.29. The van der Waals surface area contributed by atoms with Crippen molar-refractivity contribution < 1.29 is 4.79 Å². The molecule has 1 amide bonds. The number of aromatic amines is 1. The van der Waals surface area contributed by atoms with E-state index in [1.807, 2.05) is 18.2 Å². The molecule has 0 saturated heterocycles. The molecule has 0 saturated carbocycles. The zero-order valence-corrected chi connectivity index (χ0v) is 14.4. The Labute approximate surface area is 142 Å². The summed E-state index contributed by atoms with van der Waals surface area (Å²) in [5.74, 6) is 0.00471. The predicted molar refractivity (Wildman–Crippen MR) is 93.7 cm³/mol. The molecule has 0 radical (unpaired) electrons. The van der Waals surface area contributed by atoms with Crippen LogP contribution in [-0.2, 0) is 11.8 Å². The number of benzene rings is 1. The molecule has 0 bridgehead atoms. The van der Waals surface area contributed by atoms with E-state index in [-0.39, 0.29) is 17.4 Å². The molecule has 0 aliphatic carbocycles. The maximum atomic E-state index is 12.1. The first kappa shape index (κ1) is 17.2. The predicted octanol–water partition coefficient (Wildman–Crippen LogP) is 1.92. The number of aryl methyl sites for hydroxylation is 1. The molecule has 1 aromatic heterocycles. The molecule has 23 heavy (non-hydrogen) atoms. The number of nitrogens with zero attached hydrogens (tertiary/aromatic N) is 1. The summed E-state index contributed by atoms with van der Waals surface area (Å²) in [6, 6.07) is 7.44. The lowest BCUT2D eigenvalue weighted by Crippen LogP contribution is -2.26. The standard InChI is InChI=1S/C16H19BrN4O2/c1-10-13(15(23)21-16(18)20-10)6-3-7-19-14(22)12-5-2-4-11(8-12)9-17/h2,4-5,8H,3,6-7,9H2,1H3,(H,19,22)(H3,18,20,21,23). The maximum Gasteiger partial charge on any atom is 0.255 e. The van der Waals surface area contributed by atoms with Crippen LogP contribution in [0.3, 0.4) is 0 Å². The third-order valence-electron chi connectivity index (χ3n) is 3.47. The van der Waals surface area contributed by atoms with Gasteiger partial charge in [-0.15, -0.1) is 0 Å². The van der Waals surface area contributed by atoms with E-state index in [0.717, 1.165) is 5.56 Å². The van der Waals surface area contributed by atoms with Crippen molar-refractivity contribution in [2.45, 2.75) is 25.1 Å². The van der Waals surface area contributed by atoms with E-state index >= 15 is 0 Å². The first-order valence-electron chi connectivity index (χ1n) is 7.29. The molecule has 0 fully saturated rings. The highest BCUT2D eigenvalue weighted by molar-refractivity contribution is 9.08. The van der Waals surface area contributed by atoms with E-state index in [1.165, 1.54) is 0 Å². The molecule has 4 N–H and O–H groups in total. The highest BCUT2D eigenvalue weighted by Crippen LogP contribution is 2.09. The summed E-state index contributed by atoms with van der Waals surface area (Å²) in [5.41, 5.74) is 8.18. The van der Waals surface area contributed by atoms with Crippen LogP contribution in [0.2, 0.25) is 0 Å². The van der Waals surface area contributed by atoms with Crippen LogP contribution in [-0.4, -0.2) is 22.4 Å². The number of hydrogen-bond donors (Lipinski definition) is 3. The number of amides is 1. The molecule has 6 nitrogen and oxygen atoms in total. The SMILES string of the molecule is Cc1nc(N)[nH]c(=O)c1CCCNC(=O)c1cccc(CBr)c1. The smallest absolute Gasteiger partial charge is 0.255 e. The van der Waals surface area contributed by atoms with Crippen LogP contribution in [0, 0.1) is 6.92 Å². The number of carbonyl (C=O) groups excluding carboxylic acids is 1. The van der Waals surface area contributed by atoms with Crippen LogP contribution >= 0.6 is 15.9 Å². The van der Waals surface area contributed by atoms with Gasteiger partial charge in [-0.1, -0.05) is 28.1 Å². The largest absolute Gasteiger partial charge is 0.369 e. The zero-order chi connectivity index (χ0) is 16.8. The number of nitrogens with one attached hydrogen (secondary N) is 2. The zero-order valence-electron chi connectivity index (χ0n) is 12.9. The summed E-state index contributed by atoms with van der Waals surface area (Å²) >= 11 is 3.37. The second kappa shape index (κ2) is 7.92. The van der Waals surface area contributed by atoms with Gasteiger partial charge in [0.15, 0.2) is 0 Å². The Kier molecular flexibility index (Phi) is 5.92. The summed E-state index contributed by atoms with van der Waals surface area (Å²) in [4.78, 5) is 30.4. The molecule has 0 unspecified atom stereocenters. The molecular formula is C16H19BrN4O2. The van der Waals surface area contributed by atoms with Crippen molar-refractivity contribution in [2.24, 2.45) is 0 Å². The molecule has 2 aromatic rings. The molecule has 0 atom stereocenters. The Bertz CT molecular complexity index is 758. The topological polar surface area (TPSA) is 101 Å². The van der Waals surface area contributed by atoms with Crippen molar-refractivity contribution in [2.75, 3.05) is 12.3 Å². The number of nitrogens with two attached hydrogens (primary N) is 1. The molecular weight excluding hydrogens is 360 g/mol. The average molecular weight is 379 g/mol. The molecule has 1 heterocycles. The third-order valence-corrected chi connectivity index (χ3v) is 4.12. The number of carbonyl (C=O) groups is 1. The van der Waals surface area contributed by atoms with E-state index in [1.54, 1.807) is 13.0 Å². The molecule has 0 aliphatic rings. The van der Waals surface area contributed by atoms with Crippen LogP contribution in [0.5, 0.6) is 0 Å². The lowest BCUT2D eigenvalue weighted by Gasteiger charge is -2.07. The second-order valence-corrected chi connectivity index (χ2v) is 5.77. The van der Waals surface area contributed by atoms with E-state index in [0.29, 0.717) is 41.5 Å². The summed E-state index contributed by atoms with van der Waals surface area (Å²) < 4.78 is 0. The Hall–Kier alpha value is -2.15. The van der Waals surface area contributed by atoms with Gasteiger partial charge in [0.25, 0.3) is 11.5 Å². The van der Waals surface area contributed by atoms with Gasteiger partial charge in [0.05, 0.1) is 0 Å². The van der Waals surface area contributed by atoms with Crippen LogP contribution in [0.15, 0.2) is 29.1 Å². The van der Waals surface area contributed by atoms with Gasteiger partial charge in [0.1, 0.15) is 0 Å². The number of hydrogen-bond acceptors (Lipinski definition) is 4. The summed E-state index contributed by atoms with van der Waals surface area (Å²) in [7, 11) is 0. The van der Waals surface area contributed by atoms with Gasteiger partial charge in [-0.2, -0.15) is 0 Å². The van der Waals surface area contributed by atoms with Crippen LogP contribution in [0.1, 0.15) is 33.6 Å². The van der Waals surface area contributed by atoms with Gasteiger partial charge in [-0.25, -0.2) is 4.98 Å². The monoisotopic (exact) mass is 378 g/mol. The lowest BCUT2D eigenvalue weighted by atomic mass is 10.1. The van der Waals surface area contributed by atoms with Crippen molar-refractivity contribution in [1.29, 1.82) is 0 Å². The number of rotatable bonds is 6. The molecule has 0 aliphatic heterocycles. The minimum atomic E-state index is -0.216. The molecule has 2 rings (SSSR count). The van der Waals surface area contributed by atoms with Crippen LogP contribution in [0.25, 0.3) is 0 Å². The van der Waals surface area contributed by atoms with Crippen LogP contribution in [0.4, 0.5) is 5.95 Å². The van der Waals surface area contributed by atoms with Gasteiger partial charge < -0.3 is 11.1 Å². The number of anilines is 1. The maximum absolute atomic E-state index is 12.1. The minimum absolute atomic E-state index is 0.117. The van der Waals surface area contributed by atoms with E-state index < -0.39 is 0 Å².